The standard InChI is InChI=1S/C21H20N4O/c1-15-20(11-12-21(15)26)22-17-7-9-19(10-8-17)25-14-18(23-24-25)13-16-5-3-2-4-6-16/h2-10,14,22H,11-13H2,1H3. The van der Waals surface area contributed by atoms with Crippen LogP contribution in [0.5, 0.6) is 0 Å². The number of aromatic nitrogens is 3. The average Bonchev–Trinajstić information content (AvgIpc) is 3.25. The van der Waals surface area contributed by atoms with Crippen LogP contribution >= 0.6 is 0 Å². The summed E-state index contributed by atoms with van der Waals surface area (Å²) >= 11 is 0. The van der Waals surface area contributed by atoms with Crippen LogP contribution in [-0.2, 0) is 11.2 Å². The second kappa shape index (κ2) is 6.96. The van der Waals surface area contributed by atoms with E-state index in [9.17, 15) is 4.79 Å². The van der Waals surface area contributed by atoms with Gasteiger partial charge in [-0.1, -0.05) is 35.5 Å². The van der Waals surface area contributed by atoms with Crippen LogP contribution in [-0.4, -0.2) is 20.8 Å². The van der Waals surface area contributed by atoms with E-state index in [0.717, 1.165) is 41.2 Å². The van der Waals surface area contributed by atoms with Gasteiger partial charge in [0.2, 0.25) is 0 Å². The fourth-order valence-electron chi connectivity index (χ4n) is 3.12. The monoisotopic (exact) mass is 344 g/mol. The van der Waals surface area contributed by atoms with Gasteiger partial charge < -0.3 is 5.32 Å². The molecule has 5 nitrogen and oxygen atoms in total. The lowest BCUT2D eigenvalue weighted by Crippen LogP contribution is -2.00. The molecule has 4 rings (SSSR count). The Labute approximate surface area is 152 Å². The van der Waals surface area contributed by atoms with Gasteiger partial charge in [0.25, 0.3) is 0 Å². The maximum absolute atomic E-state index is 11.6. The van der Waals surface area contributed by atoms with Gasteiger partial charge in [-0.3, -0.25) is 4.79 Å². The van der Waals surface area contributed by atoms with E-state index in [-0.39, 0.29) is 5.78 Å². The Bertz CT molecular complexity index is 955. The third-order valence-corrected chi connectivity index (χ3v) is 4.67. The molecule has 0 aliphatic heterocycles. The van der Waals surface area contributed by atoms with Crippen molar-refractivity contribution in [3.63, 3.8) is 0 Å². The van der Waals surface area contributed by atoms with Crippen LogP contribution in [0.3, 0.4) is 0 Å². The molecule has 0 fully saturated rings. The number of hydrogen-bond acceptors (Lipinski definition) is 4. The lowest BCUT2D eigenvalue weighted by Gasteiger charge is -2.09. The highest BCUT2D eigenvalue weighted by atomic mass is 16.1. The van der Waals surface area contributed by atoms with E-state index >= 15 is 0 Å². The van der Waals surface area contributed by atoms with Gasteiger partial charge in [0.15, 0.2) is 5.78 Å². The zero-order chi connectivity index (χ0) is 17.9. The number of carbonyl (C=O) groups excluding carboxylic acids is 1. The molecule has 5 heteroatoms. The summed E-state index contributed by atoms with van der Waals surface area (Å²) in [6.07, 6.45) is 4.12. The summed E-state index contributed by atoms with van der Waals surface area (Å²) < 4.78 is 1.78. The molecule has 130 valence electrons. The second-order valence-electron chi connectivity index (χ2n) is 6.52. The number of rotatable bonds is 5. The number of benzene rings is 2. The van der Waals surface area contributed by atoms with Crippen molar-refractivity contribution in [2.24, 2.45) is 0 Å². The first-order chi connectivity index (χ1) is 12.7. The Hall–Kier alpha value is -3.21. The molecule has 0 radical (unpaired) electrons. The highest BCUT2D eigenvalue weighted by Gasteiger charge is 2.18. The molecule has 0 saturated carbocycles. The normalized spacial score (nSPS) is 14.1. The molecule has 0 unspecified atom stereocenters. The first-order valence-corrected chi connectivity index (χ1v) is 8.74. The van der Waals surface area contributed by atoms with E-state index in [1.54, 1.807) is 4.68 Å². The molecule has 0 atom stereocenters. The van der Waals surface area contributed by atoms with Crippen molar-refractivity contribution in [1.29, 1.82) is 0 Å². The van der Waals surface area contributed by atoms with Gasteiger partial charge in [-0.2, -0.15) is 0 Å². The Kier molecular flexibility index (Phi) is 4.35. The number of anilines is 1. The van der Waals surface area contributed by atoms with Crippen molar-refractivity contribution in [3.05, 3.63) is 83.3 Å². The fourth-order valence-corrected chi connectivity index (χ4v) is 3.12. The van der Waals surface area contributed by atoms with Gasteiger partial charge >= 0.3 is 0 Å². The molecule has 1 N–H and O–H groups in total. The van der Waals surface area contributed by atoms with Crippen molar-refractivity contribution in [1.82, 2.24) is 15.0 Å². The second-order valence-corrected chi connectivity index (χ2v) is 6.52. The van der Waals surface area contributed by atoms with Gasteiger partial charge in [0.05, 0.1) is 17.6 Å². The van der Waals surface area contributed by atoms with Crippen LogP contribution in [0.2, 0.25) is 0 Å². The highest BCUT2D eigenvalue weighted by Crippen LogP contribution is 2.24. The van der Waals surface area contributed by atoms with Crippen LogP contribution in [0.25, 0.3) is 5.69 Å². The quantitative estimate of drug-likeness (QED) is 0.762. The number of Topliss-reactive ketones (excluding diaryl/α,β-unsaturated/α-hetero) is 1. The molecule has 0 amide bonds. The molecule has 26 heavy (non-hydrogen) atoms. The van der Waals surface area contributed by atoms with Gasteiger partial charge in [-0.15, -0.1) is 5.10 Å². The summed E-state index contributed by atoms with van der Waals surface area (Å²) in [4.78, 5) is 11.6. The summed E-state index contributed by atoms with van der Waals surface area (Å²) in [5.41, 5.74) is 5.94. The maximum Gasteiger partial charge on any atom is 0.160 e. The number of ketones is 1. The van der Waals surface area contributed by atoms with E-state index in [1.165, 1.54) is 5.56 Å². The molecule has 3 aromatic rings. The smallest absolute Gasteiger partial charge is 0.160 e. The summed E-state index contributed by atoms with van der Waals surface area (Å²) in [5.74, 6) is 0.234. The molecule has 0 saturated heterocycles. The van der Waals surface area contributed by atoms with Crippen LogP contribution in [0.4, 0.5) is 5.69 Å². The predicted molar refractivity (Wildman–Crippen MR) is 101 cm³/mol. The Morgan fingerprint density at radius 3 is 2.50 bits per heavy atom. The van der Waals surface area contributed by atoms with E-state index in [1.807, 2.05) is 55.6 Å². The number of nitrogens with one attached hydrogen (secondary N) is 1. The van der Waals surface area contributed by atoms with Gasteiger partial charge in [0, 0.05) is 29.8 Å². The van der Waals surface area contributed by atoms with Crippen molar-refractivity contribution >= 4 is 11.5 Å². The zero-order valence-electron chi connectivity index (χ0n) is 14.6. The molecule has 1 aromatic heterocycles. The third-order valence-electron chi connectivity index (χ3n) is 4.67. The Balaban J connectivity index is 1.46. The average molecular weight is 344 g/mol. The number of allylic oxidation sites excluding steroid dienone is 2. The molecule has 0 bridgehead atoms. The minimum absolute atomic E-state index is 0.234. The molecule has 1 aliphatic rings. The van der Waals surface area contributed by atoms with Crippen molar-refractivity contribution < 1.29 is 4.79 Å². The Morgan fingerprint density at radius 2 is 1.81 bits per heavy atom. The van der Waals surface area contributed by atoms with Crippen LogP contribution in [0.1, 0.15) is 31.0 Å². The summed E-state index contributed by atoms with van der Waals surface area (Å²) in [5, 5.41) is 11.8. The van der Waals surface area contributed by atoms with Gasteiger partial charge in [0.1, 0.15) is 0 Å². The van der Waals surface area contributed by atoms with Crippen LogP contribution in [0.15, 0.2) is 72.1 Å². The topological polar surface area (TPSA) is 59.8 Å². The summed E-state index contributed by atoms with van der Waals surface area (Å²) in [7, 11) is 0. The largest absolute Gasteiger partial charge is 0.359 e. The number of carbonyl (C=O) groups is 1. The van der Waals surface area contributed by atoms with E-state index in [4.69, 9.17) is 0 Å². The Morgan fingerprint density at radius 1 is 1.04 bits per heavy atom. The van der Waals surface area contributed by atoms with E-state index in [2.05, 4.69) is 27.8 Å². The highest BCUT2D eigenvalue weighted by molar-refractivity contribution is 5.98. The van der Waals surface area contributed by atoms with Gasteiger partial charge in [-0.05, 0) is 43.2 Å². The minimum atomic E-state index is 0.234. The molecular formula is C21H20N4O. The first-order valence-electron chi connectivity index (χ1n) is 8.74. The van der Waals surface area contributed by atoms with Crippen molar-refractivity contribution in [3.8, 4) is 5.69 Å². The van der Waals surface area contributed by atoms with Crippen molar-refractivity contribution in [2.45, 2.75) is 26.2 Å². The lowest BCUT2D eigenvalue weighted by molar-refractivity contribution is -0.114. The molecular weight excluding hydrogens is 324 g/mol. The third kappa shape index (κ3) is 3.42. The van der Waals surface area contributed by atoms with Crippen LogP contribution in [0, 0.1) is 0 Å². The molecule has 2 aromatic carbocycles. The summed E-state index contributed by atoms with van der Waals surface area (Å²) in [6.45, 7) is 1.88. The lowest BCUT2D eigenvalue weighted by atomic mass is 10.1. The summed E-state index contributed by atoms with van der Waals surface area (Å²) in [6, 6.07) is 18.2. The molecule has 1 aliphatic carbocycles. The number of nitrogens with zero attached hydrogens (tertiary/aromatic N) is 3. The zero-order valence-corrected chi connectivity index (χ0v) is 14.6. The van der Waals surface area contributed by atoms with E-state index in [0.29, 0.717) is 6.42 Å². The first kappa shape index (κ1) is 16.3. The minimum Gasteiger partial charge on any atom is -0.359 e. The van der Waals surface area contributed by atoms with Gasteiger partial charge in [-0.25, -0.2) is 4.68 Å². The van der Waals surface area contributed by atoms with E-state index < -0.39 is 0 Å². The SMILES string of the molecule is CC1=C(Nc2ccc(-n3cc(Cc4ccccc4)nn3)cc2)CCC1=O. The fraction of sp³-hybridized carbons (Fsp3) is 0.190. The van der Waals surface area contributed by atoms with Crippen LogP contribution < -0.4 is 5.32 Å². The number of hydrogen-bond donors (Lipinski definition) is 1. The van der Waals surface area contributed by atoms with Crippen molar-refractivity contribution in [2.75, 3.05) is 5.32 Å². The molecule has 0 spiro atoms. The maximum atomic E-state index is 11.6. The predicted octanol–water partition coefficient (Wildman–Crippen LogP) is 3.91. The molecule has 1 heterocycles.